The van der Waals surface area contributed by atoms with Gasteiger partial charge in [-0.15, -0.1) is 5.10 Å². The molecule has 6 heteroatoms. The van der Waals surface area contributed by atoms with Crippen molar-refractivity contribution in [3.63, 3.8) is 0 Å². The number of aromatic carboxylic acids is 1. The lowest BCUT2D eigenvalue weighted by Gasteiger charge is -2.08. The second-order valence-electron chi connectivity index (χ2n) is 3.66. The summed E-state index contributed by atoms with van der Waals surface area (Å²) >= 11 is 0. The number of aryl methyl sites for hydroxylation is 1. The molecule has 0 aliphatic heterocycles. The minimum Gasteiger partial charge on any atom is -0.497 e. The number of hydrogen-bond acceptors (Lipinski definition) is 4. The summed E-state index contributed by atoms with van der Waals surface area (Å²) in [6.07, 6.45) is 0. The van der Waals surface area contributed by atoms with E-state index in [1.807, 2.05) is 6.92 Å². The molecule has 0 amide bonds. The molecule has 0 unspecified atom stereocenters. The van der Waals surface area contributed by atoms with Crippen LogP contribution in [0.5, 0.6) is 17.4 Å². The van der Waals surface area contributed by atoms with Gasteiger partial charge in [-0.3, -0.25) is 5.10 Å². The third-order valence-corrected chi connectivity index (χ3v) is 2.32. The van der Waals surface area contributed by atoms with Crippen molar-refractivity contribution in [2.45, 2.75) is 6.92 Å². The van der Waals surface area contributed by atoms with Crippen LogP contribution < -0.4 is 9.47 Å². The topological polar surface area (TPSA) is 84.4 Å². The number of carbonyl (C=O) groups is 1. The normalized spacial score (nSPS) is 10.1. The lowest BCUT2D eigenvalue weighted by atomic mass is 10.2. The van der Waals surface area contributed by atoms with Gasteiger partial charge in [0.2, 0.25) is 5.88 Å². The van der Waals surface area contributed by atoms with E-state index in [1.54, 1.807) is 12.1 Å². The van der Waals surface area contributed by atoms with E-state index in [1.165, 1.54) is 19.2 Å². The first-order valence-corrected chi connectivity index (χ1v) is 5.21. The van der Waals surface area contributed by atoms with Gasteiger partial charge in [-0.1, -0.05) is 0 Å². The van der Waals surface area contributed by atoms with Gasteiger partial charge in [-0.2, -0.15) is 0 Å². The number of carboxylic acid groups (broad SMARTS) is 1. The lowest BCUT2D eigenvalue weighted by molar-refractivity contribution is 0.0694. The fourth-order valence-corrected chi connectivity index (χ4v) is 1.45. The van der Waals surface area contributed by atoms with E-state index in [4.69, 9.17) is 14.6 Å². The van der Waals surface area contributed by atoms with E-state index < -0.39 is 5.97 Å². The fraction of sp³-hybridized carbons (Fsp3) is 0.167. The number of carboxylic acids is 1. The predicted molar refractivity (Wildman–Crippen MR) is 63.4 cm³/mol. The van der Waals surface area contributed by atoms with Crippen LogP contribution in [0.15, 0.2) is 24.3 Å². The van der Waals surface area contributed by atoms with Crippen LogP contribution in [0, 0.1) is 6.92 Å². The smallest absolute Gasteiger partial charge is 0.339 e. The average molecular weight is 248 g/mol. The van der Waals surface area contributed by atoms with Gasteiger partial charge in [0.25, 0.3) is 0 Å². The van der Waals surface area contributed by atoms with Crippen LogP contribution >= 0.6 is 0 Å². The Morgan fingerprint density at radius 1 is 1.39 bits per heavy atom. The molecule has 2 aromatic rings. The Labute approximate surface area is 103 Å². The van der Waals surface area contributed by atoms with E-state index in [9.17, 15) is 4.79 Å². The summed E-state index contributed by atoms with van der Waals surface area (Å²) < 4.78 is 10.5. The van der Waals surface area contributed by atoms with E-state index in [0.29, 0.717) is 11.6 Å². The molecule has 0 saturated carbocycles. The second-order valence-corrected chi connectivity index (χ2v) is 3.66. The zero-order valence-electron chi connectivity index (χ0n) is 9.93. The number of methoxy groups -OCH3 is 1. The molecule has 0 atom stereocenters. The van der Waals surface area contributed by atoms with Crippen molar-refractivity contribution >= 4 is 5.97 Å². The Kier molecular flexibility index (Phi) is 3.18. The maximum absolute atomic E-state index is 11.1. The number of H-pyrrole nitrogens is 1. The van der Waals surface area contributed by atoms with Crippen molar-refractivity contribution in [3.05, 3.63) is 35.5 Å². The molecule has 0 spiro atoms. The summed E-state index contributed by atoms with van der Waals surface area (Å²) in [5.41, 5.74) is 0.876. The van der Waals surface area contributed by atoms with Crippen molar-refractivity contribution < 1.29 is 19.4 Å². The molecule has 1 aromatic carbocycles. The molecular formula is C12H12N2O4. The number of nitrogens with zero attached hydrogens (tertiary/aromatic N) is 1. The quantitative estimate of drug-likeness (QED) is 0.866. The summed E-state index contributed by atoms with van der Waals surface area (Å²) in [5.74, 6) is -0.0567. The average Bonchev–Trinajstić information content (AvgIpc) is 2.74. The van der Waals surface area contributed by atoms with Crippen molar-refractivity contribution in [2.24, 2.45) is 0 Å². The zero-order chi connectivity index (χ0) is 13.1. The Hall–Kier alpha value is -2.50. The molecule has 6 nitrogen and oxygen atoms in total. The molecular weight excluding hydrogens is 236 g/mol. The van der Waals surface area contributed by atoms with Crippen LogP contribution in [0.3, 0.4) is 0 Å². The van der Waals surface area contributed by atoms with Crippen LogP contribution in [0.1, 0.15) is 16.1 Å². The number of aromatic amines is 1. The lowest BCUT2D eigenvalue weighted by Crippen LogP contribution is -2.00. The number of benzene rings is 1. The molecule has 0 bridgehead atoms. The number of hydrogen-bond donors (Lipinski definition) is 2. The molecule has 0 saturated heterocycles. The summed E-state index contributed by atoms with van der Waals surface area (Å²) in [7, 11) is 1.50. The SMILES string of the molecule is COc1ccc(C(=O)O)c(Oc2cc(C)[nH]n2)c1. The molecule has 0 fully saturated rings. The van der Waals surface area contributed by atoms with Gasteiger partial charge in [0, 0.05) is 17.8 Å². The first kappa shape index (κ1) is 12.0. The molecule has 2 rings (SSSR count). The maximum Gasteiger partial charge on any atom is 0.339 e. The fourth-order valence-electron chi connectivity index (χ4n) is 1.45. The number of aromatic nitrogens is 2. The molecule has 0 aliphatic carbocycles. The molecule has 94 valence electrons. The number of ether oxygens (including phenoxy) is 2. The summed E-state index contributed by atoms with van der Waals surface area (Å²) in [4.78, 5) is 11.1. The maximum atomic E-state index is 11.1. The third-order valence-electron chi connectivity index (χ3n) is 2.32. The van der Waals surface area contributed by atoms with Crippen LogP contribution in [0.4, 0.5) is 0 Å². The van der Waals surface area contributed by atoms with Gasteiger partial charge < -0.3 is 14.6 Å². The predicted octanol–water partition coefficient (Wildman–Crippen LogP) is 2.22. The number of nitrogens with one attached hydrogen (secondary N) is 1. The van der Waals surface area contributed by atoms with Gasteiger partial charge in [0.15, 0.2) is 0 Å². The first-order chi connectivity index (χ1) is 8.60. The Bertz CT molecular complexity index is 577. The van der Waals surface area contributed by atoms with Crippen molar-refractivity contribution in [3.8, 4) is 17.4 Å². The monoisotopic (exact) mass is 248 g/mol. The van der Waals surface area contributed by atoms with Crippen LogP contribution in [0.25, 0.3) is 0 Å². The Morgan fingerprint density at radius 2 is 2.17 bits per heavy atom. The highest BCUT2D eigenvalue weighted by atomic mass is 16.5. The molecule has 1 aromatic heterocycles. The largest absolute Gasteiger partial charge is 0.497 e. The van der Waals surface area contributed by atoms with Crippen molar-refractivity contribution in [1.82, 2.24) is 10.2 Å². The summed E-state index contributed by atoms with van der Waals surface area (Å²) in [6.45, 7) is 1.82. The molecule has 0 radical (unpaired) electrons. The first-order valence-electron chi connectivity index (χ1n) is 5.21. The molecule has 0 aliphatic rings. The highest BCUT2D eigenvalue weighted by Gasteiger charge is 2.14. The van der Waals surface area contributed by atoms with E-state index in [0.717, 1.165) is 5.69 Å². The second kappa shape index (κ2) is 4.79. The standard InChI is InChI=1S/C12H12N2O4/c1-7-5-11(14-13-7)18-10-6-8(17-2)3-4-9(10)12(15)16/h3-6H,1-2H3,(H,13,14)(H,15,16). The van der Waals surface area contributed by atoms with E-state index >= 15 is 0 Å². The van der Waals surface area contributed by atoms with E-state index in [2.05, 4.69) is 10.2 Å². The van der Waals surface area contributed by atoms with E-state index in [-0.39, 0.29) is 11.3 Å². The molecule has 18 heavy (non-hydrogen) atoms. The minimum absolute atomic E-state index is 0.0523. The van der Waals surface area contributed by atoms with Gasteiger partial charge >= 0.3 is 5.97 Å². The highest BCUT2D eigenvalue weighted by Crippen LogP contribution is 2.28. The highest BCUT2D eigenvalue weighted by molar-refractivity contribution is 5.91. The zero-order valence-corrected chi connectivity index (χ0v) is 9.93. The molecule has 2 N–H and O–H groups in total. The van der Waals surface area contributed by atoms with Gasteiger partial charge in [0.1, 0.15) is 17.1 Å². The van der Waals surface area contributed by atoms with Gasteiger partial charge in [-0.25, -0.2) is 4.79 Å². The Morgan fingerprint density at radius 3 is 2.72 bits per heavy atom. The number of rotatable bonds is 4. The minimum atomic E-state index is -1.07. The molecule has 1 heterocycles. The van der Waals surface area contributed by atoms with Crippen LogP contribution in [0.2, 0.25) is 0 Å². The van der Waals surface area contributed by atoms with Crippen LogP contribution in [-0.4, -0.2) is 28.4 Å². The van der Waals surface area contributed by atoms with Crippen molar-refractivity contribution in [2.75, 3.05) is 7.11 Å². The van der Waals surface area contributed by atoms with Crippen molar-refractivity contribution in [1.29, 1.82) is 0 Å². The Balaban J connectivity index is 2.37. The van der Waals surface area contributed by atoms with Gasteiger partial charge in [-0.05, 0) is 19.1 Å². The third kappa shape index (κ3) is 2.42. The van der Waals surface area contributed by atoms with Crippen LogP contribution in [-0.2, 0) is 0 Å². The summed E-state index contributed by atoms with van der Waals surface area (Å²) in [5, 5.41) is 15.7. The van der Waals surface area contributed by atoms with Gasteiger partial charge in [0.05, 0.1) is 7.11 Å². The summed E-state index contributed by atoms with van der Waals surface area (Å²) in [6, 6.07) is 6.17.